The summed E-state index contributed by atoms with van der Waals surface area (Å²) in [6.45, 7) is 2.52. The summed E-state index contributed by atoms with van der Waals surface area (Å²) in [5.41, 5.74) is 1.55. The van der Waals surface area contributed by atoms with E-state index < -0.39 is 22.0 Å². The monoisotopic (exact) mass is 517 g/mol. The molecule has 10 heteroatoms. The van der Waals surface area contributed by atoms with Gasteiger partial charge in [-0.15, -0.1) is 0 Å². The number of carbonyl (C=O) groups excluding carboxylic acids is 2. The Morgan fingerprint density at radius 2 is 1.75 bits per heavy atom. The van der Waals surface area contributed by atoms with E-state index in [1.165, 1.54) is 4.90 Å². The van der Waals surface area contributed by atoms with E-state index in [1.807, 2.05) is 30.3 Å². The number of hydrogen-bond acceptors (Lipinski definition) is 6. The van der Waals surface area contributed by atoms with Gasteiger partial charge in [-0.25, -0.2) is 8.42 Å². The average Bonchev–Trinajstić information content (AvgIpc) is 3.39. The van der Waals surface area contributed by atoms with E-state index in [0.29, 0.717) is 18.9 Å². The Morgan fingerprint density at radius 3 is 2.33 bits per heavy atom. The van der Waals surface area contributed by atoms with Gasteiger partial charge in [0.25, 0.3) is 0 Å². The number of methoxy groups -OCH3 is 1. The van der Waals surface area contributed by atoms with E-state index in [4.69, 9.17) is 9.47 Å². The van der Waals surface area contributed by atoms with Crippen LogP contribution < -0.4 is 10.1 Å². The number of amides is 2. The summed E-state index contributed by atoms with van der Waals surface area (Å²) in [6.07, 6.45) is 2.89. The van der Waals surface area contributed by atoms with Crippen LogP contribution in [0.2, 0.25) is 0 Å². The molecule has 2 amide bonds. The highest BCUT2D eigenvalue weighted by Crippen LogP contribution is 2.17. The molecule has 1 aliphatic rings. The number of carbonyl (C=O) groups is 2. The Bertz CT molecular complexity index is 1100. The molecule has 1 N–H and O–H groups in total. The van der Waals surface area contributed by atoms with Crippen molar-refractivity contribution >= 4 is 21.8 Å². The minimum atomic E-state index is -3.69. The van der Waals surface area contributed by atoms with Crippen LogP contribution in [0.3, 0.4) is 0 Å². The number of benzene rings is 2. The van der Waals surface area contributed by atoms with Gasteiger partial charge in [0.1, 0.15) is 11.8 Å². The van der Waals surface area contributed by atoms with E-state index in [1.54, 1.807) is 38.3 Å². The zero-order valence-electron chi connectivity index (χ0n) is 21.1. The lowest BCUT2D eigenvalue weighted by molar-refractivity contribution is -0.141. The molecule has 1 aliphatic heterocycles. The van der Waals surface area contributed by atoms with Crippen LogP contribution in [0.1, 0.15) is 30.9 Å². The fourth-order valence-corrected chi connectivity index (χ4v) is 4.73. The van der Waals surface area contributed by atoms with Gasteiger partial charge in [0.2, 0.25) is 21.8 Å². The Balaban J connectivity index is 1.78. The summed E-state index contributed by atoms with van der Waals surface area (Å²) in [4.78, 5) is 27.9. The maximum absolute atomic E-state index is 13.5. The lowest BCUT2D eigenvalue weighted by atomic mass is 10.1. The highest BCUT2D eigenvalue weighted by atomic mass is 32.2. The quantitative estimate of drug-likeness (QED) is 0.463. The molecule has 0 aromatic heterocycles. The Morgan fingerprint density at radius 1 is 1.08 bits per heavy atom. The molecule has 196 valence electrons. The van der Waals surface area contributed by atoms with E-state index >= 15 is 0 Å². The molecule has 0 radical (unpaired) electrons. The van der Waals surface area contributed by atoms with E-state index in [-0.39, 0.29) is 31.6 Å². The third kappa shape index (κ3) is 8.04. The van der Waals surface area contributed by atoms with Crippen LogP contribution in [-0.4, -0.2) is 74.6 Å². The van der Waals surface area contributed by atoms with Gasteiger partial charge in [-0.1, -0.05) is 42.5 Å². The molecule has 0 aliphatic carbocycles. The predicted octanol–water partition coefficient (Wildman–Crippen LogP) is 2.17. The molecule has 2 aromatic carbocycles. The van der Waals surface area contributed by atoms with Crippen LogP contribution in [0.4, 0.5) is 0 Å². The van der Waals surface area contributed by atoms with Gasteiger partial charge in [-0.3, -0.25) is 9.59 Å². The molecule has 2 atom stereocenters. The third-order valence-corrected chi connectivity index (χ3v) is 7.39. The van der Waals surface area contributed by atoms with Gasteiger partial charge in [-0.05, 0) is 43.0 Å². The molecular formula is C26H35N3O6S. The highest BCUT2D eigenvalue weighted by Gasteiger charge is 2.30. The third-order valence-electron chi connectivity index (χ3n) is 6.19. The summed E-state index contributed by atoms with van der Waals surface area (Å²) in [5.74, 6) is -0.113. The topological polar surface area (TPSA) is 105 Å². The molecule has 36 heavy (non-hydrogen) atoms. The molecule has 9 nitrogen and oxygen atoms in total. The van der Waals surface area contributed by atoms with Gasteiger partial charge < -0.3 is 19.7 Å². The number of rotatable bonds is 12. The fourth-order valence-electron chi connectivity index (χ4n) is 4.00. The Hall–Kier alpha value is -2.95. The van der Waals surface area contributed by atoms with Gasteiger partial charge >= 0.3 is 0 Å². The number of hydrogen-bond donors (Lipinski definition) is 1. The zero-order chi connectivity index (χ0) is 26.1. The van der Waals surface area contributed by atoms with Crippen molar-refractivity contribution in [1.29, 1.82) is 0 Å². The van der Waals surface area contributed by atoms with Gasteiger partial charge in [0.15, 0.2) is 0 Å². The van der Waals surface area contributed by atoms with Gasteiger partial charge in [-0.2, -0.15) is 4.31 Å². The first-order valence-corrected chi connectivity index (χ1v) is 13.8. The lowest BCUT2D eigenvalue weighted by Crippen LogP contribution is -2.51. The first-order valence-electron chi connectivity index (χ1n) is 12.0. The fraction of sp³-hybridized carbons (Fsp3) is 0.462. The molecule has 0 spiro atoms. The first-order chi connectivity index (χ1) is 17.2. The lowest BCUT2D eigenvalue weighted by Gasteiger charge is -2.31. The molecule has 3 rings (SSSR count). The van der Waals surface area contributed by atoms with Crippen LogP contribution >= 0.6 is 0 Å². The summed E-state index contributed by atoms with van der Waals surface area (Å²) in [6, 6.07) is 15.4. The number of nitrogens with one attached hydrogen (secondary N) is 1. The number of nitrogens with zero attached hydrogens (tertiary/aromatic N) is 2. The molecule has 1 heterocycles. The SMILES string of the molecule is COc1ccc(CN(C(=O)CN(Cc2ccccc2)S(C)(=O)=O)[C@@H](C)C(=O)NC[C@@H]2CCCO2)cc1. The molecule has 1 fully saturated rings. The normalized spacial score (nSPS) is 16.5. The smallest absolute Gasteiger partial charge is 0.242 e. The second-order valence-corrected chi connectivity index (χ2v) is 10.9. The summed E-state index contributed by atoms with van der Waals surface area (Å²) < 4.78 is 37.0. The van der Waals surface area contributed by atoms with E-state index in [0.717, 1.165) is 34.5 Å². The summed E-state index contributed by atoms with van der Waals surface area (Å²) >= 11 is 0. The molecular weight excluding hydrogens is 482 g/mol. The van der Waals surface area contributed by atoms with Gasteiger partial charge in [0.05, 0.1) is 26.0 Å². The molecule has 0 unspecified atom stereocenters. The van der Waals surface area contributed by atoms with Crippen molar-refractivity contribution in [3.63, 3.8) is 0 Å². The van der Waals surface area contributed by atoms with Crippen molar-refractivity contribution in [3.8, 4) is 5.75 Å². The van der Waals surface area contributed by atoms with E-state index in [9.17, 15) is 18.0 Å². The maximum atomic E-state index is 13.5. The standard InChI is InChI=1S/C26H35N3O6S/c1-20(26(31)27-16-24-10-7-15-35-24)29(18-22-11-13-23(34-2)14-12-22)25(30)19-28(36(3,32)33)17-21-8-5-4-6-9-21/h4-6,8-9,11-14,20,24H,7,10,15-19H2,1-3H3,(H,27,31)/t20-,24-/m0/s1. The zero-order valence-corrected chi connectivity index (χ0v) is 21.9. The van der Waals surface area contributed by atoms with Crippen molar-refractivity contribution in [3.05, 3.63) is 65.7 Å². The number of sulfonamides is 1. The van der Waals surface area contributed by atoms with E-state index in [2.05, 4.69) is 5.32 Å². The van der Waals surface area contributed by atoms with Crippen LogP contribution in [0, 0.1) is 0 Å². The van der Waals surface area contributed by atoms with Crippen LogP contribution in [0.5, 0.6) is 5.75 Å². The minimum Gasteiger partial charge on any atom is -0.497 e. The molecule has 2 aromatic rings. The average molecular weight is 518 g/mol. The van der Waals surface area contributed by atoms with Crippen molar-refractivity contribution in [1.82, 2.24) is 14.5 Å². The number of ether oxygens (including phenoxy) is 2. The second-order valence-electron chi connectivity index (χ2n) is 8.94. The summed E-state index contributed by atoms with van der Waals surface area (Å²) in [5, 5.41) is 2.88. The van der Waals surface area contributed by atoms with Crippen LogP contribution in [-0.2, 0) is 37.4 Å². The molecule has 0 bridgehead atoms. The molecule has 0 saturated carbocycles. The first kappa shape index (κ1) is 27.6. The summed E-state index contributed by atoms with van der Waals surface area (Å²) in [7, 11) is -2.12. The van der Waals surface area contributed by atoms with Crippen molar-refractivity contribution in [2.45, 2.75) is 45.0 Å². The van der Waals surface area contributed by atoms with Crippen molar-refractivity contribution in [2.75, 3.05) is 33.1 Å². The van der Waals surface area contributed by atoms with Crippen molar-refractivity contribution < 1.29 is 27.5 Å². The largest absolute Gasteiger partial charge is 0.497 e. The Kier molecular flexibility index (Phi) is 9.86. The minimum absolute atomic E-state index is 0.0292. The van der Waals surface area contributed by atoms with Crippen molar-refractivity contribution in [2.24, 2.45) is 0 Å². The predicted molar refractivity (Wildman–Crippen MR) is 137 cm³/mol. The maximum Gasteiger partial charge on any atom is 0.242 e. The Labute approximate surface area is 213 Å². The second kappa shape index (κ2) is 12.8. The highest BCUT2D eigenvalue weighted by molar-refractivity contribution is 7.88. The van der Waals surface area contributed by atoms with Crippen LogP contribution in [0.15, 0.2) is 54.6 Å². The van der Waals surface area contributed by atoms with Crippen LogP contribution in [0.25, 0.3) is 0 Å². The van der Waals surface area contributed by atoms with Gasteiger partial charge in [0, 0.05) is 26.2 Å². The molecule has 1 saturated heterocycles.